The van der Waals surface area contributed by atoms with Crippen LogP contribution in [0.4, 0.5) is 0 Å². The van der Waals surface area contributed by atoms with E-state index in [-0.39, 0.29) is 34.6 Å². The molecule has 2 bridgehead atoms. The van der Waals surface area contributed by atoms with Gasteiger partial charge in [0.25, 0.3) is 5.56 Å². The summed E-state index contributed by atoms with van der Waals surface area (Å²) in [6, 6.07) is 5.69. The second-order valence-corrected chi connectivity index (χ2v) is 12.0. The Labute approximate surface area is 189 Å². The fourth-order valence-corrected chi connectivity index (χ4v) is 8.59. The summed E-state index contributed by atoms with van der Waals surface area (Å²) >= 11 is 0. The molecule has 0 radical (unpaired) electrons. The van der Waals surface area contributed by atoms with Crippen molar-refractivity contribution in [2.24, 2.45) is 29.1 Å². The summed E-state index contributed by atoms with van der Waals surface area (Å²) in [5.41, 5.74) is 1.66. The average molecular weight is 439 g/mol. The number of ether oxygens (including phenoxy) is 2. The molecule has 1 spiro atoms. The molecule has 6 nitrogen and oxygen atoms in total. The zero-order chi connectivity index (χ0) is 21.7. The fourth-order valence-electron chi connectivity index (χ4n) is 8.59. The first kappa shape index (κ1) is 19.8. The predicted octanol–water partition coefficient (Wildman–Crippen LogP) is 2.79. The molecule has 3 saturated heterocycles. The van der Waals surface area contributed by atoms with Gasteiger partial charge in [-0.05, 0) is 61.8 Å². The Morgan fingerprint density at radius 1 is 1.12 bits per heavy atom. The molecule has 1 aromatic rings. The molecule has 172 valence electrons. The van der Waals surface area contributed by atoms with Crippen LogP contribution >= 0.6 is 0 Å². The lowest BCUT2D eigenvalue weighted by Crippen LogP contribution is -2.52. The zero-order valence-corrected chi connectivity index (χ0v) is 19.0. The maximum absolute atomic E-state index is 13.1. The molecule has 0 N–H and O–H groups in total. The maximum atomic E-state index is 13.1. The Kier molecular flexibility index (Phi) is 4.14. The number of esters is 1. The summed E-state index contributed by atoms with van der Waals surface area (Å²) in [5, 5.41) is 0. The number of nitrogens with zero attached hydrogens (tertiary/aromatic N) is 2. The highest BCUT2D eigenvalue weighted by molar-refractivity contribution is 5.75. The molecule has 7 rings (SSSR count). The minimum atomic E-state index is -0.0148. The SMILES string of the molecule is C[C@]12CCC[C@]3(CO3)[C@@H]1C[C@@H]1[C@H](CN3C[C@H]4C[C@@H](C3)c3cccc(=O)n3C4)C(=O)O[C@@H]1C2. The molecule has 2 aliphatic carbocycles. The van der Waals surface area contributed by atoms with Crippen LogP contribution in [0.25, 0.3) is 0 Å². The summed E-state index contributed by atoms with van der Waals surface area (Å²) in [6.07, 6.45) is 7.00. The first-order chi connectivity index (χ1) is 15.4. The number of piperidine rings is 1. The van der Waals surface area contributed by atoms with Crippen LogP contribution in [0, 0.1) is 29.1 Å². The highest BCUT2D eigenvalue weighted by Crippen LogP contribution is 2.62. The molecule has 2 saturated carbocycles. The van der Waals surface area contributed by atoms with Crippen LogP contribution in [-0.2, 0) is 20.8 Å². The van der Waals surface area contributed by atoms with Crippen LogP contribution in [0.15, 0.2) is 23.0 Å². The summed E-state index contributed by atoms with van der Waals surface area (Å²) in [4.78, 5) is 27.9. The molecule has 6 aliphatic rings. The molecular formula is C26H34N2O4. The van der Waals surface area contributed by atoms with Crippen LogP contribution in [-0.4, -0.2) is 53.4 Å². The van der Waals surface area contributed by atoms with E-state index in [1.165, 1.54) is 25.0 Å². The number of fused-ring (bicyclic) bond motifs is 7. The van der Waals surface area contributed by atoms with Crippen LogP contribution in [0.3, 0.4) is 0 Å². The third-order valence-electron chi connectivity index (χ3n) is 10.1. The van der Waals surface area contributed by atoms with Gasteiger partial charge in [-0.25, -0.2) is 0 Å². The smallest absolute Gasteiger partial charge is 0.310 e. The standard InChI is InChI=1S/C26H34N2O4/c1-25-6-3-7-26(15-31-26)22(25)9-18-19(24(30)32-21(18)10-25)14-27-11-16-8-17(13-27)20-4-2-5-23(29)28(20)12-16/h2,4-5,16-19,21-22H,3,6-15H2,1H3/t16-,17+,18-,19+,21-,22-,25-,26+/m1/s1. The molecule has 4 aliphatic heterocycles. The highest BCUT2D eigenvalue weighted by Gasteiger charge is 2.65. The second-order valence-electron chi connectivity index (χ2n) is 12.0. The van der Waals surface area contributed by atoms with Gasteiger partial charge in [-0.2, -0.15) is 0 Å². The quantitative estimate of drug-likeness (QED) is 0.525. The van der Waals surface area contributed by atoms with Crippen molar-refractivity contribution in [2.75, 3.05) is 26.2 Å². The first-order valence-corrected chi connectivity index (χ1v) is 12.7. The van der Waals surface area contributed by atoms with Crippen molar-refractivity contribution >= 4 is 5.97 Å². The summed E-state index contributed by atoms with van der Waals surface area (Å²) < 4.78 is 14.1. The highest BCUT2D eigenvalue weighted by atomic mass is 16.6. The Hall–Kier alpha value is -1.66. The fraction of sp³-hybridized carbons (Fsp3) is 0.769. The summed E-state index contributed by atoms with van der Waals surface area (Å²) in [7, 11) is 0. The molecule has 8 atom stereocenters. The van der Waals surface area contributed by atoms with Crippen molar-refractivity contribution in [1.29, 1.82) is 0 Å². The Balaban J connectivity index is 1.11. The van der Waals surface area contributed by atoms with Crippen molar-refractivity contribution in [2.45, 2.75) is 69.6 Å². The molecule has 6 heteroatoms. The summed E-state index contributed by atoms with van der Waals surface area (Å²) in [6.45, 7) is 6.87. The molecular weight excluding hydrogens is 404 g/mol. The molecule has 32 heavy (non-hydrogen) atoms. The number of hydrogen-bond donors (Lipinski definition) is 0. The minimum absolute atomic E-state index is 0.0148. The van der Waals surface area contributed by atoms with E-state index < -0.39 is 0 Å². The van der Waals surface area contributed by atoms with Crippen molar-refractivity contribution in [3.8, 4) is 0 Å². The van der Waals surface area contributed by atoms with E-state index >= 15 is 0 Å². The van der Waals surface area contributed by atoms with E-state index in [0.717, 1.165) is 52.0 Å². The number of likely N-dealkylation sites (tertiary alicyclic amines) is 1. The van der Waals surface area contributed by atoms with E-state index in [1.807, 2.05) is 10.6 Å². The van der Waals surface area contributed by atoms with Gasteiger partial charge < -0.3 is 18.9 Å². The van der Waals surface area contributed by atoms with Gasteiger partial charge in [0.15, 0.2) is 0 Å². The molecule has 0 amide bonds. The number of carbonyl (C=O) groups is 1. The number of carbonyl (C=O) groups excluding carboxylic acids is 1. The normalized spacial score (nSPS) is 46.8. The third kappa shape index (κ3) is 2.84. The predicted molar refractivity (Wildman–Crippen MR) is 118 cm³/mol. The van der Waals surface area contributed by atoms with Crippen molar-refractivity contribution in [3.63, 3.8) is 0 Å². The van der Waals surface area contributed by atoms with Gasteiger partial charge in [0.1, 0.15) is 6.10 Å². The van der Waals surface area contributed by atoms with E-state index in [1.54, 1.807) is 6.07 Å². The van der Waals surface area contributed by atoms with Gasteiger partial charge in [0, 0.05) is 49.8 Å². The van der Waals surface area contributed by atoms with Crippen LogP contribution < -0.4 is 5.56 Å². The van der Waals surface area contributed by atoms with E-state index in [4.69, 9.17) is 9.47 Å². The lowest BCUT2D eigenvalue weighted by Gasteiger charge is -2.52. The molecule has 0 aromatic carbocycles. The van der Waals surface area contributed by atoms with Gasteiger partial charge in [0.2, 0.25) is 0 Å². The van der Waals surface area contributed by atoms with Gasteiger partial charge >= 0.3 is 5.97 Å². The van der Waals surface area contributed by atoms with Gasteiger partial charge in [0.05, 0.1) is 18.1 Å². The largest absolute Gasteiger partial charge is 0.462 e. The Morgan fingerprint density at radius 2 is 2.00 bits per heavy atom. The molecule has 5 heterocycles. The molecule has 0 unspecified atom stereocenters. The second kappa shape index (κ2) is 6.69. The monoisotopic (exact) mass is 438 g/mol. The third-order valence-corrected chi connectivity index (χ3v) is 10.1. The maximum Gasteiger partial charge on any atom is 0.310 e. The van der Waals surface area contributed by atoms with Crippen LogP contribution in [0.2, 0.25) is 0 Å². The van der Waals surface area contributed by atoms with Crippen molar-refractivity contribution in [1.82, 2.24) is 9.47 Å². The summed E-state index contributed by atoms with van der Waals surface area (Å²) in [5.74, 6) is 1.80. The number of epoxide rings is 1. The minimum Gasteiger partial charge on any atom is -0.462 e. The van der Waals surface area contributed by atoms with Crippen LogP contribution in [0.5, 0.6) is 0 Å². The lowest BCUT2D eigenvalue weighted by molar-refractivity contribution is -0.147. The number of pyridine rings is 1. The lowest BCUT2D eigenvalue weighted by atomic mass is 9.53. The average Bonchev–Trinajstić information content (AvgIpc) is 3.46. The van der Waals surface area contributed by atoms with E-state index in [9.17, 15) is 9.59 Å². The molecule has 5 fully saturated rings. The van der Waals surface area contributed by atoms with E-state index in [0.29, 0.717) is 23.7 Å². The molecule has 1 aromatic heterocycles. The Morgan fingerprint density at radius 3 is 2.84 bits per heavy atom. The number of hydrogen-bond acceptors (Lipinski definition) is 5. The zero-order valence-electron chi connectivity index (χ0n) is 19.0. The van der Waals surface area contributed by atoms with Crippen LogP contribution in [0.1, 0.15) is 57.1 Å². The topological polar surface area (TPSA) is 64.1 Å². The number of aromatic nitrogens is 1. The number of rotatable bonds is 2. The van der Waals surface area contributed by atoms with Gasteiger partial charge in [-0.1, -0.05) is 13.0 Å². The van der Waals surface area contributed by atoms with Crippen molar-refractivity contribution in [3.05, 3.63) is 34.2 Å². The first-order valence-electron chi connectivity index (χ1n) is 12.7. The van der Waals surface area contributed by atoms with Gasteiger partial charge in [-0.15, -0.1) is 0 Å². The Bertz CT molecular complexity index is 1020. The van der Waals surface area contributed by atoms with E-state index in [2.05, 4.69) is 17.9 Å². The van der Waals surface area contributed by atoms with Crippen molar-refractivity contribution < 1.29 is 14.3 Å². The van der Waals surface area contributed by atoms with Gasteiger partial charge in [-0.3, -0.25) is 9.59 Å².